The van der Waals surface area contributed by atoms with E-state index in [4.69, 9.17) is 28.3 Å². The third-order valence-corrected chi connectivity index (χ3v) is 7.01. The Bertz CT molecular complexity index is 1300. The summed E-state index contributed by atoms with van der Waals surface area (Å²) in [6.45, 7) is 1.68. The van der Waals surface area contributed by atoms with Crippen molar-refractivity contribution in [2.75, 3.05) is 5.43 Å². The second kappa shape index (κ2) is 9.88. The Morgan fingerprint density at radius 3 is 2.28 bits per heavy atom. The average molecular weight is 511 g/mol. The monoisotopic (exact) mass is 510 g/mol. The number of benzene rings is 3. The van der Waals surface area contributed by atoms with Crippen LogP contribution in [0, 0.1) is 17.0 Å². The SMILES string of the molecule is Cc1cc(S(N)(=O)=O)c(S/C(=N\Nc2ccc([N+](=O)[O-])cc2)c2ccc(Cl)cc2)cc1Cl. The number of nitrogens with zero attached hydrogens (tertiary/aromatic N) is 2. The molecular weight excluding hydrogens is 495 g/mol. The minimum atomic E-state index is -4.03. The number of aryl methyl sites for hydroxylation is 1. The molecule has 0 aromatic heterocycles. The lowest BCUT2D eigenvalue weighted by Crippen LogP contribution is -2.14. The molecule has 0 atom stereocenters. The van der Waals surface area contributed by atoms with Crippen LogP contribution < -0.4 is 10.6 Å². The minimum Gasteiger partial charge on any atom is -0.277 e. The smallest absolute Gasteiger partial charge is 0.269 e. The molecule has 0 amide bonds. The highest BCUT2D eigenvalue weighted by molar-refractivity contribution is 8.14. The van der Waals surface area contributed by atoms with Gasteiger partial charge in [-0.15, -0.1) is 0 Å². The number of nitro benzene ring substituents is 1. The Morgan fingerprint density at radius 1 is 1.09 bits per heavy atom. The van der Waals surface area contributed by atoms with Crippen LogP contribution in [-0.2, 0) is 10.0 Å². The number of sulfonamides is 1. The second-order valence-electron chi connectivity index (χ2n) is 6.53. The number of nitrogens with two attached hydrogens (primary N) is 1. The summed E-state index contributed by atoms with van der Waals surface area (Å²) in [5.41, 5.74) is 4.47. The van der Waals surface area contributed by atoms with Crippen molar-refractivity contribution in [2.24, 2.45) is 10.2 Å². The predicted octanol–water partition coefficient (Wildman–Crippen LogP) is 5.42. The molecule has 3 aromatic carbocycles. The molecule has 0 saturated carbocycles. The number of hydrogen-bond acceptors (Lipinski definition) is 7. The van der Waals surface area contributed by atoms with Gasteiger partial charge >= 0.3 is 0 Å². The first-order valence-corrected chi connectivity index (χ1v) is 12.0. The molecule has 3 rings (SSSR count). The molecule has 0 unspecified atom stereocenters. The van der Waals surface area contributed by atoms with Gasteiger partial charge in [0.2, 0.25) is 10.0 Å². The molecule has 166 valence electrons. The third kappa shape index (κ3) is 5.99. The summed E-state index contributed by atoms with van der Waals surface area (Å²) in [6.07, 6.45) is 0. The van der Waals surface area contributed by atoms with Gasteiger partial charge in [-0.1, -0.05) is 47.1 Å². The van der Waals surface area contributed by atoms with E-state index >= 15 is 0 Å². The summed E-state index contributed by atoms with van der Waals surface area (Å²) in [5, 5.41) is 21.9. The van der Waals surface area contributed by atoms with E-state index in [2.05, 4.69) is 10.5 Å². The summed E-state index contributed by atoms with van der Waals surface area (Å²) in [7, 11) is -4.03. The first kappa shape index (κ1) is 24.0. The molecule has 8 nitrogen and oxygen atoms in total. The van der Waals surface area contributed by atoms with E-state index in [-0.39, 0.29) is 10.6 Å². The summed E-state index contributed by atoms with van der Waals surface area (Å²) >= 11 is 13.2. The Labute approximate surface area is 198 Å². The van der Waals surface area contributed by atoms with Crippen molar-refractivity contribution in [3.05, 3.63) is 92.0 Å². The molecule has 0 saturated heterocycles. The molecule has 3 aromatic rings. The molecule has 0 bridgehead atoms. The number of anilines is 1. The van der Waals surface area contributed by atoms with Gasteiger partial charge in [0, 0.05) is 32.6 Å². The summed E-state index contributed by atoms with van der Waals surface area (Å²) in [5.74, 6) is 0. The fraction of sp³-hybridized carbons (Fsp3) is 0.0500. The lowest BCUT2D eigenvalue weighted by Gasteiger charge is -2.12. The average Bonchev–Trinajstić information content (AvgIpc) is 2.73. The van der Waals surface area contributed by atoms with Gasteiger partial charge in [0.25, 0.3) is 5.69 Å². The van der Waals surface area contributed by atoms with Gasteiger partial charge in [-0.05, 0) is 48.9 Å². The largest absolute Gasteiger partial charge is 0.277 e. The lowest BCUT2D eigenvalue weighted by atomic mass is 10.2. The van der Waals surface area contributed by atoms with E-state index < -0.39 is 14.9 Å². The summed E-state index contributed by atoms with van der Waals surface area (Å²) in [4.78, 5) is 10.5. The first-order chi connectivity index (χ1) is 15.0. The van der Waals surface area contributed by atoms with Gasteiger partial charge in [0.1, 0.15) is 5.04 Å². The number of hydrazone groups is 1. The van der Waals surface area contributed by atoms with Crippen LogP contribution in [0.4, 0.5) is 11.4 Å². The van der Waals surface area contributed by atoms with Crippen molar-refractivity contribution in [3.63, 3.8) is 0 Å². The van der Waals surface area contributed by atoms with Gasteiger partial charge < -0.3 is 0 Å². The van der Waals surface area contributed by atoms with Crippen LogP contribution in [0.2, 0.25) is 10.0 Å². The highest BCUT2D eigenvalue weighted by Gasteiger charge is 2.19. The van der Waals surface area contributed by atoms with Crippen molar-refractivity contribution < 1.29 is 13.3 Å². The van der Waals surface area contributed by atoms with Crippen molar-refractivity contribution in [1.82, 2.24) is 0 Å². The van der Waals surface area contributed by atoms with Gasteiger partial charge in [-0.2, -0.15) is 5.10 Å². The highest BCUT2D eigenvalue weighted by atomic mass is 35.5. The molecule has 0 aliphatic rings. The maximum absolute atomic E-state index is 12.1. The molecule has 0 heterocycles. The van der Waals surface area contributed by atoms with Gasteiger partial charge in [0.05, 0.1) is 15.5 Å². The van der Waals surface area contributed by atoms with Crippen molar-refractivity contribution in [3.8, 4) is 0 Å². The van der Waals surface area contributed by atoms with E-state index in [9.17, 15) is 18.5 Å². The van der Waals surface area contributed by atoms with E-state index in [1.54, 1.807) is 31.2 Å². The molecule has 0 aliphatic heterocycles. The van der Waals surface area contributed by atoms with Crippen LogP contribution in [0.25, 0.3) is 0 Å². The van der Waals surface area contributed by atoms with Crippen LogP contribution in [0.15, 0.2) is 75.6 Å². The molecule has 12 heteroatoms. The van der Waals surface area contributed by atoms with Gasteiger partial charge in [-0.3, -0.25) is 15.5 Å². The third-order valence-electron chi connectivity index (χ3n) is 4.19. The summed E-state index contributed by atoms with van der Waals surface area (Å²) in [6, 6.07) is 15.4. The van der Waals surface area contributed by atoms with Crippen LogP contribution in [0.5, 0.6) is 0 Å². The van der Waals surface area contributed by atoms with E-state index in [0.717, 1.165) is 11.8 Å². The van der Waals surface area contributed by atoms with Crippen molar-refractivity contribution in [1.29, 1.82) is 0 Å². The maximum Gasteiger partial charge on any atom is 0.269 e. The Hall–Kier alpha value is -2.63. The number of hydrogen-bond donors (Lipinski definition) is 2. The van der Waals surface area contributed by atoms with Gasteiger partial charge in [0.15, 0.2) is 0 Å². The standard InChI is InChI=1S/C20H16Cl2N4O4S2/c1-12-10-19(32(23,29)30)18(11-17(12)22)31-20(13-2-4-14(21)5-3-13)25-24-15-6-8-16(9-7-15)26(27)28/h2-11,24H,1H3,(H2,23,29,30)/b25-20-. The minimum absolute atomic E-state index is 0.0566. The summed E-state index contributed by atoms with van der Waals surface area (Å²) < 4.78 is 24.3. The number of primary sulfonamides is 1. The molecule has 0 aliphatic carbocycles. The van der Waals surface area contributed by atoms with E-state index in [0.29, 0.717) is 36.8 Å². The van der Waals surface area contributed by atoms with Crippen molar-refractivity contribution >= 4 is 61.4 Å². The molecule has 0 radical (unpaired) electrons. The number of nitrogens with one attached hydrogen (secondary N) is 1. The zero-order valence-corrected chi connectivity index (χ0v) is 19.6. The molecule has 32 heavy (non-hydrogen) atoms. The quantitative estimate of drug-likeness (QED) is 0.150. The number of thioether (sulfide) groups is 1. The normalized spacial score (nSPS) is 11.9. The first-order valence-electron chi connectivity index (χ1n) is 8.89. The molecule has 0 spiro atoms. The Morgan fingerprint density at radius 2 is 1.72 bits per heavy atom. The number of rotatable bonds is 6. The Kier molecular flexibility index (Phi) is 7.42. The van der Waals surface area contributed by atoms with Gasteiger partial charge in [-0.25, -0.2) is 13.6 Å². The van der Waals surface area contributed by atoms with Crippen LogP contribution >= 0.6 is 35.0 Å². The zero-order chi connectivity index (χ0) is 23.5. The van der Waals surface area contributed by atoms with E-state index in [1.165, 1.54) is 36.4 Å². The van der Waals surface area contributed by atoms with Crippen LogP contribution in [-0.4, -0.2) is 18.4 Å². The lowest BCUT2D eigenvalue weighted by molar-refractivity contribution is -0.384. The second-order valence-corrected chi connectivity index (χ2v) is 9.94. The Balaban J connectivity index is 2.03. The van der Waals surface area contributed by atoms with E-state index in [1.807, 2.05) is 0 Å². The topological polar surface area (TPSA) is 128 Å². The molecular formula is C20H16Cl2N4O4S2. The number of halogens is 2. The zero-order valence-electron chi connectivity index (χ0n) is 16.5. The fourth-order valence-electron chi connectivity index (χ4n) is 2.55. The number of nitro groups is 1. The number of non-ortho nitro benzene ring substituents is 1. The maximum atomic E-state index is 12.1. The van der Waals surface area contributed by atoms with Crippen molar-refractivity contribution in [2.45, 2.75) is 16.7 Å². The fourth-order valence-corrected chi connectivity index (χ4v) is 4.95. The van der Waals surface area contributed by atoms with Crippen LogP contribution in [0.1, 0.15) is 11.1 Å². The predicted molar refractivity (Wildman–Crippen MR) is 128 cm³/mol. The van der Waals surface area contributed by atoms with Crippen LogP contribution in [0.3, 0.4) is 0 Å². The highest BCUT2D eigenvalue weighted by Crippen LogP contribution is 2.34. The molecule has 3 N–H and O–H groups in total. The molecule has 0 fully saturated rings.